The number of nitrogens with zero attached hydrogens (tertiary/aromatic N) is 2. The van der Waals surface area contributed by atoms with Gasteiger partial charge in [-0.25, -0.2) is 0 Å². The molecular formula is C12H10ClN3OS. The third-order valence-corrected chi connectivity index (χ3v) is 3.02. The fourth-order valence-electron chi connectivity index (χ4n) is 1.28. The molecule has 0 saturated carbocycles. The third-order valence-electron chi connectivity index (χ3n) is 2.03. The summed E-state index contributed by atoms with van der Waals surface area (Å²) in [6.07, 6.45) is 3.12. The molecule has 92 valence electrons. The lowest BCUT2D eigenvalue weighted by atomic mass is 10.2. The van der Waals surface area contributed by atoms with Gasteiger partial charge in [0.1, 0.15) is 5.01 Å². The summed E-state index contributed by atoms with van der Waals surface area (Å²) in [6.45, 7) is 1.83. The molecule has 1 amide bonds. The zero-order chi connectivity index (χ0) is 13.0. The predicted octanol–water partition coefficient (Wildman–Crippen LogP) is 3.15. The van der Waals surface area contributed by atoms with Crippen LogP contribution in [0.5, 0.6) is 0 Å². The quantitative estimate of drug-likeness (QED) is 0.878. The molecule has 0 aliphatic heterocycles. The molecule has 0 spiro atoms. The topological polar surface area (TPSA) is 54.9 Å². The molecule has 0 atom stereocenters. The summed E-state index contributed by atoms with van der Waals surface area (Å²) in [4.78, 5) is 11.6. The minimum absolute atomic E-state index is 0.244. The monoisotopic (exact) mass is 279 g/mol. The van der Waals surface area contributed by atoms with Crippen LogP contribution in [0, 0.1) is 6.92 Å². The highest BCUT2D eigenvalue weighted by Gasteiger charge is 2.02. The Labute approximate surface area is 113 Å². The van der Waals surface area contributed by atoms with Gasteiger partial charge < -0.3 is 0 Å². The molecule has 6 heteroatoms. The van der Waals surface area contributed by atoms with Gasteiger partial charge in [-0.2, -0.15) is 0 Å². The maximum absolute atomic E-state index is 11.6. The number of nitrogens with one attached hydrogen (secondary N) is 1. The number of anilines is 1. The van der Waals surface area contributed by atoms with Crippen molar-refractivity contribution in [2.75, 3.05) is 5.32 Å². The van der Waals surface area contributed by atoms with Crippen LogP contribution in [0.3, 0.4) is 0 Å². The van der Waals surface area contributed by atoms with Crippen LogP contribution in [-0.2, 0) is 4.79 Å². The summed E-state index contributed by atoms with van der Waals surface area (Å²) < 4.78 is 0. The molecule has 18 heavy (non-hydrogen) atoms. The van der Waals surface area contributed by atoms with E-state index in [0.29, 0.717) is 10.2 Å². The van der Waals surface area contributed by atoms with Gasteiger partial charge in [-0.3, -0.25) is 10.1 Å². The van der Waals surface area contributed by atoms with Crippen molar-refractivity contribution in [3.05, 3.63) is 45.9 Å². The Kier molecular flexibility index (Phi) is 4.07. The number of amides is 1. The van der Waals surface area contributed by atoms with E-state index in [4.69, 9.17) is 11.6 Å². The van der Waals surface area contributed by atoms with Crippen LogP contribution in [0.4, 0.5) is 5.13 Å². The second-order valence-corrected chi connectivity index (χ2v) is 5.12. The van der Waals surface area contributed by atoms with Gasteiger partial charge in [0.05, 0.1) is 0 Å². The lowest BCUT2D eigenvalue weighted by Gasteiger charge is -1.95. The maximum atomic E-state index is 11.6. The van der Waals surface area contributed by atoms with Crippen LogP contribution in [-0.4, -0.2) is 16.1 Å². The number of halogens is 1. The predicted molar refractivity (Wildman–Crippen MR) is 73.8 cm³/mol. The number of aromatic nitrogens is 2. The molecular weight excluding hydrogens is 270 g/mol. The number of rotatable bonds is 3. The molecule has 0 aliphatic rings. The number of carbonyl (C=O) groups is 1. The standard InChI is InChI=1S/C12H10ClN3OS/c1-8-15-16-12(18-8)14-11(17)6-5-9-3-2-4-10(13)7-9/h2-7H,1H3,(H,14,16,17). The van der Waals surface area contributed by atoms with Crippen molar-refractivity contribution in [3.8, 4) is 0 Å². The Balaban J connectivity index is 1.99. The molecule has 0 bridgehead atoms. The van der Waals surface area contributed by atoms with Gasteiger partial charge >= 0.3 is 0 Å². The van der Waals surface area contributed by atoms with E-state index in [0.717, 1.165) is 10.6 Å². The Morgan fingerprint density at radius 1 is 1.44 bits per heavy atom. The van der Waals surface area contributed by atoms with Gasteiger partial charge in [0, 0.05) is 11.1 Å². The van der Waals surface area contributed by atoms with Gasteiger partial charge in [0.2, 0.25) is 11.0 Å². The zero-order valence-electron chi connectivity index (χ0n) is 9.55. The van der Waals surface area contributed by atoms with Gasteiger partial charge in [-0.15, -0.1) is 10.2 Å². The summed E-state index contributed by atoms with van der Waals surface area (Å²) in [5.74, 6) is -0.244. The van der Waals surface area contributed by atoms with Crippen LogP contribution < -0.4 is 5.32 Å². The normalized spacial score (nSPS) is 10.8. The summed E-state index contributed by atoms with van der Waals surface area (Å²) in [5.41, 5.74) is 0.867. The highest BCUT2D eigenvalue weighted by molar-refractivity contribution is 7.15. The Morgan fingerprint density at radius 3 is 2.94 bits per heavy atom. The van der Waals surface area contributed by atoms with Crippen molar-refractivity contribution in [1.82, 2.24) is 10.2 Å². The van der Waals surface area contributed by atoms with Crippen molar-refractivity contribution in [1.29, 1.82) is 0 Å². The van der Waals surface area contributed by atoms with Crippen LogP contribution in [0.25, 0.3) is 6.08 Å². The molecule has 4 nitrogen and oxygen atoms in total. The third kappa shape index (κ3) is 3.65. The Morgan fingerprint density at radius 2 is 2.28 bits per heavy atom. The van der Waals surface area contributed by atoms with Gasteiger partial charge in [0.15, 0.2) is 0 Å². The number of hydrogen-bond donors (Lipinski definition) is 1. The first kappa shape index (κ1) is 12.7. The number of hydrogen-bond acceptors (Lipinski definition) is 4. The fraction of sp³-hybridized carbons (Fsp3) is 0.0833. The number of aryl methyl sites for hydroxylation is 1. The summed E-state index contributed by atoms with van der Waals surface area (Å²) in [5, 5.41) is 12.2. The lowest BCUT2D eigenvalue weighted by molar-refractivity contribution is -0.111. The van der Waals surface area contributed by atoms with Crippen molar-refractivity contribution in [2.24, 2.45) is 0 Å². The molecule has 0 saturated heterocycles. The fourth-order valence-corrected chi connectivity index (χ4v) is 2.07. The van der Waals surface area contributed by atoms with E-state index in [2.05, 4.69) is 15.5 Å². The van der Waals surface area contributed by atoms with E-state index >= 15 is 0 Å². The van der Waals surface area contributed by atoms with Crippen LogP contribution >= 0.6 is 22.9 Å². The first-order chi connectivity index (χ1) is 8.63. The second kappa shape index (κ2) is 5.75. The average Bonchev–Trinajstić information content (AvgIpc) is 2.72. The van der Waals surface area contributed by atoms with Crippen molar-refractivity contribution >= 4 is 40.1 Å². The average molecular weight is 280 g/mol. The summed E-state index contributed by atoms with van der Waals surface area (Å²) in [7, 11) is 0. The minimum Gasteiger partial charge on any atom is -0.297 e. The van der Waals surface area contributed by atoms with E-state index in [1.165, 1.54) is 17.4 Å². The van der Waals surface area contributed by atoms with E-state index in [1.807, 2.05) is 19.1 Å². The largest absolute Gasteiger partial charge is 0.297 e. The molecule has 0 fully saturated rings. The molecule has 0 unspecified atom stereocenters. The molecule has 2 rings (SSSR count). The van der Waals surface area contributed by atoms with Crippen LogP contribution in [0.1, 0.15) is 10.6 Å². The first-order valence-electron chi connectivity index (χ1n) is 5.18. The van der Waals surface area contributed by atoms with E-state index in [9.17, 15) is 4.79 Å². The smallest absolute Gasteiger partial charge is 0.250 e. The van der Waals surface area contributed by atoms with Crippen molar-refractivity contribution in [3.63, 3.8) is 0 Å². The van der Waals surface area contributed by atoms with E-state index < -0.39 is 0 Å². The number of carbonyl (C=O) groups excluding carboxylic acids is 1. The molecule has 1 aromatic heterocycles. The molecule has 1 N–H and O–H groups in total. The molecule has 2 aromatic rings. The molecule has 0 radical (unpaired) electrons. The summed E-state index contributed by atoms with van der Waals surface area (Å²) >= 11 is 7.17. The zero-order valence-corrected chi connectivity index (χ0v) is 11.1. The first-order valence-corrected chi connectivity index (χ1v) is 6.38. The molecule has 0 aliphatic carbocycles. The van der Waals surface area contributed by atoms with E-state index in [-0.39, 0.29) is 5.91 Å². The van der Waals surface area contributed by atoms with Crippen molar-refractivity contribution < 1.29 is 4.79 Å². The van der Waals surface area contributed by atoms with Gasteiger partial charge in [-0.1, -0.05) is 35.1 Å². The second-order valence-electron chi connectivity index (χ2n) is 3.50. The summed E-state index contributed by atoms with van der Waals surface area (Å²) in [6, 6.07) is 7.25. The Bertz CT molecular complexity index is 595. The van der Waals surface area contributed by atoms with E-state index in [1.54, 1.807) is 18.2 Å². The highest BCUT2D eigenvalue weighted by atomic mass is 35.5. The Hall–Kier alpha value is -1.72. The molecule has 1 heterocycles. The highest BCUT2D eigenvalue weighted by Crippen LogP contribution is 2.14. The number of benzene rings is 1. The SMILES string of the molecule is Cc1nnc(NC(=O)C=Cc2cccc(Cl)c2)s1. The van der Waals surface area contributed by atoms with Crippen molar-refractivity contribution in [2.45, 2.75) is 6.92 Å². The lowest BCUT2D eigenvalue weighted by Crippen LogP contribution is -2.07. The van der Waals surface area contributed by atoms with Crippen LogP contribution in [0.15, 0.2) is 30.3 Å². The van der Waals surface area contributed by atoms with Gasteiger partial charge in [0.25, 0.3) is 0 Å². The molecule has 1 aromatic carbocycles. The van der Waals surface area contributed by atoms with Crippen LogP contribution in [0.2, 0.25) is 5.02 Å². The minimum atomic E-state index is -0.244. The maximum Gasteiger partial charge on any atom is 0.250 e. The van der Waals surface area contributed by atoms with Gasteiger partial charge in [-0.05, 0) is 30.7 Å².